The minimum absolute atomic E-state index is 0.0705. The van der Waals surface area contributed by atoms with Crippen LogP contribution in [0.3, 0.4) is 0 Å². The first-order valence-electron chi connectivity index (χ1n) is 13.1. The summed E-state index contributed by atoms with van der Waals surface area (Å²) in [5, 5.41) is 12.5. The van der Waals surface area contributed by atoms with E-state index in [1.54, 1.807) is 11.8 Å². The predicted octanol–water partition coefficient (Wildman–Crippen LogP) is 6.12. The summed E-state index contributed by atoms with van der Waals surface area (Å²) in [6.45, 7) is 4.87. The van der Waals surface area contributed by atoms with Crippen molar-refractivity contribution in [3.05, 3.63) is 46.5 Å². The van der Waals surface area contributed by atoms with Crippen molar-refractivity contribution in [2.45, 2.75) is 48.7 Å². The fraction of sp³-hybridized carbons (Fsp3) is 0.481. The van der Waals surface area contributed by atoms with Gasteiger partial charge in [-0.05, 0) is 42.7 Å². The molecule has 2 unspecified atom stereocenters. The van der Waals surface area contributed by atoms with E-state index in [1.807, 2.05) is 23.9 Å². The molecule has 2 saturated heterocycles. The molecular weight excluding hydrogens is 564 g/mol. The van der Waals surface area contributed by atoms with Gasteiger partial charge < -0.3 is 15.3 Å². The van der Waals surface area contributed by atoms with E-state index in [2.05, 4.69) is 44.1 Å². The fourth-order valence-electron chi connectivity index (χ4n) is 5.73. The van der Waals surface area contributed by atoms with Gasteiger partial charge in [-0.1, -0.05) is 6.92 Å². The maximum absolute atomic E-state index is 14.0. The van der Waals surface area contributed by atoms with Gasteiger partial charge in [0.15, 0.2) is 0 Å². The maximum atomic E-state index is 14.0. The highest BCUT2D eigenvalue weighted by Gasteiger charge is 2.43. The van der Waals surface area contributed by atoms with E-state index in [9.17, 15) is 18.3 Å². The number of benzene rings is 1. The summed E-state index contributed by atoms with van der Waals surface area (Å²) in [5.74, 6) is 2.96. The first-order chi connectivity index (χ1) is 18.8. The van der Waals surface area contributed by atoms with E-state index >= 15 is 0 Å². The fourth-order valence-corrected chi connectivity index (χ4v) is 9.48. The molecule has 2 bridgehead atoms. The SMILES string of the molecule is CCc1cc(N2CC3CC2CN3CCO)ccc1Nc1ncc(C(F)(F)F)c(-c2cc3c(s2)CSCCS3)n1. The molecule has 39 heavy (non-hydrogen) atoms. The lowest BCUT2D eigenvalue weighted by molar-refractivity contribution is -0.137. The van der Waals surface area contributed by atoms with Crippen molar-refractivity contribution in [1.82, 2.24) is 14.9 Å². The number of aromatic nitrogens is 2. The number of aliphatic hydroxyl groups is 1. The van der Waals surface area contributed by atoms with Crippen LogP contribution in [0, 0.1) is 0 Å². The van der Waals surface area contributed by atoms with Crippen molar-refractivity contribution >= 4 is 52.2 Å². The Bertz CT molecular complexity index is 1330. The number of likely N-dealkylation sites (tertiary alicyclic amines) is 1. The number of hydrogen-bond donors (Lipinski definition) is 2. The molecule has 2 fully saturated rings. The predicted molar refractivity (Wildman–Crippen MR) is 155 cm³/mol. The van der Waals surface area contributed by atoms with Crippen molar-refractivity contribution < 1.29 is 18.3 Å². The van der Waals surface area contributed by atoms with Crippen molar-refractivity contribution in [2.75, 3.05) is 48.0 Å². The maximum Gasteiger partial charge on any atom is 0.420 e. The van der Waals surface area contributed by atoms with E-state index in [4.69, 9.17) is 0 Å². The molecule has 12 heteroatoms. The molecular formula is C27H30F3N5OS3. The van der Waals surface area contributed by atoms with Gasteiger partial charge in [-0.2, -0.15) is 24.9 Å². The summed E-state index contributed by atoms with van der Waals surface area (Å²) in [6.07, 6.45) is -1.78. The standard InChI is InChI=1S/C27H30F3N5OS3/c1-2-16-9-17(35-14-18-10-19(35)13-34(18)5-6-36)3-4-21(16)32-26-31-12-20(27(28,29)30)25(33-26)23-11-22-24(39-23)15-37-7-8-38-22/h3-4,9,11-12,18-19,36H,2,5-8,10,13-15H2,1H3,(H,31,32,33). The van der Waals surface area contributed by atoms with Crippen molar-refractivity contribution in [3.63, 3.8) is 0 Å². The molecule has 0 radical (unpaired) electrons. The highest BCUT2D eigenvalue weighted by Crippen LogP contribution is 2.44. The molecule has 2 N–H and O–H groups in total. The summed E-state index contributed by atoms with van der Waals surface area (Å²) in [5.41, 5.74) is 2.13. The van der Waals surface area contributed by atoms with E-state index in [0.29, 0.717) is 17.0 Å². The molecule has 3 aliphatic heterocycles. The number of aryl methyl sites for hydroxylation is 1. The third kappa shape index (κ3) is 5.50. The summed E-state index contributed by atoms with van der Waals surface area (Å²) >= 11 is 4.91. The second-order valence-corrected chi connectivity index (χ2v) is 13.4. The number of nitrogens with zero attached hydrogens (tertiary/aromatic N) is 4. The van der Waals surface area contributed by atoms with Crippen LogP contribution in [0.4, 0.5) is 30.5 Å². The zero-order valence-corrected chi connectivity index (χ0v) is 23.9. The molecule has 2 aromatic heterocycles. The van der Waals surface area contributed by atoms with Gasteiger partial charge >= 0.3 is 6.18 Å². The Kier molecular flexibility index (Phi) is 7.75. The minimum atomic E-state index is -4.55. The quantitative estimate of drug-likeness (QED) is 0.340. The summed E-state index contributed by atoms with van der Waals surface area (Å²) < 4.78 is 41.9. The number of thiophene rings is 1. The Morgan fingerprint density at radius 2 is 2.03 bits per heavy atom. The van der Waals surface area contributed by atoms with Crippen molar-refractivity contribution in [2.24, 2.45) is 0 Å². The number of thioether (sulfide) groups is 2. The Labute approximate surface area is 238 Å². The van der Waals surface area contributed by atoms with Crippen LogP contribution in [-0.4, -0.2) is 69.8 Å². The van der Waals surface area contributed by atoms with Gasteiger partial charge in [0.05, 0.1) is 17.2 Å². The van der Waals surface area contributed by atoms with Gasteiger partial charge in [-0.15, -0.1) is 23.1 Å². The van der Waals surface area contributed by atoms with E-state index in [0.717, 1.165) is 82.6 Å². The first-order valence-corrected chi connectivity index (χ1v) is 16.1. The molecule has 5 heterocycles. The van der Waals surface area contributed by atoms with Crippen molar-refractivity contribution in [3.8, 4) is 10.6 Å². The lowest BCUT2D eigenvalue weighted by atomic mass is 10.1. The molecule has 3 aliphatic rings. The largest absolute Gasteiger partial charge is 0.420 e. The third-order valence-electron chi connectivity index (χ3n) is 7.61. The zero-order valence-electron chi connectivity index (χ0n) is 21.5. The van der Waals surface area contributed by atoms with E-state index in [1.165, 1.54) is 11.3 Å². The van der Waals surface area contributed by atoms with Gasteiger partial charge in [0.2, 0.25) is 5.95 Å². The van der Waals surface area contributed by atoms with Crippen LogP contribution in [0.25, 0.3) is 10.6 Å². The number of anilines is 3. The molecule has 6 nitrogen and oxygen atoms in total. The molecule has 0 saturated carbocycles. The Balaban J connectivity index is 1.27. The number of β-amino-alcohol motifs (C(OH)–C–C–N with tert-alkyl or cyclic N) is 1. The molecule has 6 rings (SSSR count). The summed E-state index contributed by atoms with van der Waals surface area (Å²) in [4.78, 5) is 16.0. The number of halogens is 3. The monoisotopic (exact) mass is 593 g/mol. The van der Waals surface area contributed by atoms with Crippen LogP contribution in [0.2, 0.25) is 0 Å². The number of nitrogens with one attached hydrogen (secondary N) is 1. The van der Waals surface area contributed by atoms with Gasteiger partial charge in [-0.3, -0.25) is 4.90 Å². The van der Waals surface area contributed by atoms with Crippen LogP contribution in [0.1, 0.15) is 29.3 Å². The Morgan fingerprint density at radius 3 is 2.77 bits per heavy atom. The first kappa shape index (κ1) is 27.2. The normalized spacial score (nSPS) is 21.3. The number of fused-ring (bicyclic) bond motifs is 3. The highest BCUT2D eigenvalue weighted by molar-refractivity contribution is 8.03. The van der Waals surface area contributed by atoms with Crippen LogP contribution in [0.5, 0.6) is 0 Å². The number of alkyl halides is 3. The molecule has 0 amide bonds. The van der Waals surface area contributed by atoms with Crippen LogP contribution >= 0.6 is 34.9 Å². The van der Waals surface area contributed by atoms with Crippen LogP contribution in [-0.2, 0) is 18.3 Å². The Hall–Kier alpha value is -1.99. The summed E-state index contributed by atoms with van der Waals surface area (Å²) in [6, 6.07) is 8.96. The van der Waals surface area contributed by atoms with Crippen LogP contribution < -0.4 is 10.2 Å². The number of aliphatic hydroxyl groups excluding tert-OH is 1. The average Bonchev–Trinajstić information content (AvgIpc) is 3.59. The lowest BCUT2D eigenvalue weighted by Crippen LogP contribution is -2.47. The topological polar surface area (TPSA) is 64.5 Å². The van der Waals surface area contributed by atoms with Crippen molar-refractivity contribution in [1.29, 1.82) is 0 Å². The van der Waals surface area contributed by atoms with E-state index < -0.39 is 11.7 Å². The lowest BCUT2D eigenvalue weighted by Gasteiger charge is -2.35. The molecule has 0 spiro atoms. The zero-order chi connectivity index (χ0) is 27.1. The number of hydrogen-bond acceptors (Lipinski definition) is 9. The number of piperazine rings is 1. The highest BCUT2D eigenvalue weighted by atomic mass is 32.2. The smallest absolute Gasteiger partial charge is 0.395 e. The third-order valence-corrected chi connectivity index (χ3v) is 11.4. The van der Waals surface area contributed by atoms with Crippen LogP contribution in [0.15, 0.2) is 35.4 Å². The second-order valence-electron chi connectivity index (χ2n) is 9.99. The van der Waals surface area contributed by atoms with Gasteiger partial charge in [0, 0.05) is 76.3 Å². The molecule has 3 aromatic rings. The van der Waals surface area contributed by atoms with Gasteiger partial charge in [-0.25, -0.2) is 9.97 Å². The van der Waals surface area contributed by atoms with Gasteiger partial charge in [0.1, 0.15) is 5.56 Å². The molecule has 2 atom stereocenters. The Morgan fingerprint density at radius 1 is 1.15 bits per heavy atom. The second kappa shape index (κ2) is 11.1. The average molecular weight is 594 g/mol. The minimum Gasteiger partial charge on any atom is -0.395 e. The van der Waals surface area contributed by atoms with Gasteiger partial charge in [0.25, 0.3) is 0 Å². The van der Waals surface area contributed by atoms with E-state index in [-0.39, 0.29) is 18.2 Å². The molecule has 1 aromatic carbocycles. The molecule has 208 valence electrons. The molecule has 0 aliphatic carbocycles. The summed E-state index contributed by atoms with van der Waals surface area (Å²) in [7, 11) is 0. The number of rotatable bonds is 7.